The van der Waals surface area contributed by atoms with Gasteiger partial charge in [0.1, 0.15) is 12.4 Å². The number of hydrogen-bond donors (Lipinski definition) is 1. The van der Waals surface area contributed by atoms with Gasteiger partial charge in [-0.05, 0) is 12.5 Å². The fourth-order valence-corrected chi connectivity index (χ4v) is 2.78. The van der Waals surface area contributed by atoms with Gasteiger partial charge in [0.05, 0.1) is 0 Å². The molecule has 0 spiro atoms. The van der Waals surface area contributed by atoms with Crippen LogP contribution in [-0.4, -0.2) is 36.7 Å². The van der Waals surface area contributed by atoms with E-state index in [1.165, 1.54) is 18.4 Å². The number of ether oxygens (including phenoxy) is 1. The van der Waals surface area contributed by atoms with E-state index >= 15 is 0 Å². The Morgan fingerprint density at radius 3 is 2.85 bits per heavy atom. The predicted octanol–water partition coefficient (Wildman–Crippen LogP) is 3.05. The first kappa shape index (κ1) is 15.3. The van der Waals surface area contributed by atoms with Crippen LogP contribution in [0.25, 0.3) is 0 Å². The van der Waals surface area contributed by atoms with Gasteiger partial charge < -0.3 is 10.1 Å². The molecule has 20 heavy (non-hydrogen) atoms. The van der Waals surface area contributed by atoms with Crippen molar-refractivity contribution in [2.24, 2.45) is 0 Å². The summed E-state index contributed by atoms with van der Waals surface area (Å²) in [4.78, 5) is 2.57. The molecule has 3 nitrogen and oxygen atoms in total. The van der Waals surface area contributed by atoms with Gasteiger partial charge in [-0.25, -0.2) is 0 Å². The molecule has 1 unspecified atom stereocenters. The van der Waals surface area contributed by atoms with E-state index < -0.39 is 0 Å². The average Bonchev–Trinajstić information content (AvgIpc) is 2.65. The Hall–Kier alpha value is -1.06. The summed E-state index contributed by atoms with van der Waals surface area (Å²) >= 11 is 0. The Kier molecular flexibility index (Phi) is 5.86. The Balaban J connectivity index is 2.05. The highest BCUT2D eigenvalue weighted by Gasteiger charge is 2.22. The SMILES string of the molecule is CCCC(CNC(C)C)N1CCOc2ccccc2C1. The van der Waals surface area contributed by atoms with E-state index in [-0.39, 0.29) is 0 Å². The smallest absolute Gasteiger partial charge is 0.123 e. The minimum absolute atomic E-state index is 0.546. The maximum Gasteiger partial charge on any atom is 0.123 e. The van der Waals surface area contributed by atoms with Crippen molar-refractivity contribution >= 4 is 0 Å². The fraction of sp³-hybridized carbons (Fsp3) is 0.647. The van der Waals surface area contributed by atoms with Gasteiger partial charge in [-0.1, -0.05) is 45.4 Å². The van der Waals surface area contributed by atoms with Gasteiger partial charge in [0, 0.05) is 37.3 Å². The topological polar surface area (TPSA) is 24.5 Å². The Labute approximate surface area is 123 Å². The van der Waals surface area contributed by atoms with Crippen molar-refractivity contribution < 1.29 is 4.74 Å². The molecule has 1 aromatic carbocycles. The number of nitrogens with one attached hydrogen (secondary N) is 1. The van der Waals surface area contributed by atoms with Crippen molar-refractivity contribution in [3.8, 4) is 5.75 Å². The van der Waals surface area contributed by atoms with E-state index in [1.54, 1.807) is 0 Å². The summed E-state index contributed by atoms with van der Waals surface area (Å²) in [5, 5.41) is 3.59. The lowest BCUT2D eigenvalue weighted by molar-refractivity contribution is 0.155. The normalized spacial score (nSPS) is 17.4. The molecule has 0 saturated carbocycles. The number of rotatable bonds is 6. The van der Waals surface area contributed by atoms with E-state index in [1.807, 2.05) is 0 Å². The molecular weight excluding hydrogens is 248 g/mol. The van der Waals surface area contributed by atoms with Gasteiger partial charge in [0.15, 0.2) is 0 Å². The molecule has 3 heteroatoms. The summed E-state index contributed by atoms with van der Waals surface area (Å²) in [7, 11) is 0. The van der Waals surface area contributed by atoms with Gasteiger partial charge in [-0.3, -0.25) is 4.90 Å². The largest absolute Gasteiger partial charge is 0.492 e. The molecule has 1 aliphatic rings. The second-order valence-corrected chi connectivity index (χ2v) is 5.93. The number of benzene rings is 1. The minimum atomic E-state index is 0.546. The first-order chi connectivity index (χ1) is 9.70. The lowest BCUT2D eigenvalue weighted by Crippen LogP contribution is -2.44. The standard InChI is InChI=1S/C17H28N2O/c1-4-7-16(12-18-14(2)3)19-10-11-20-17-9-6-5-8-15(17)13-19/h5-6,8-9,14,16,18H,4,7,10-13H2,1-3H3. The molecule has 112 valence electrons. The van der Waals surface area contributed by atoms with E-state index in [0.717, 1.165) is 32.0 Å². The minimum Gasteiger partial charge on any atom is -0.492 e. The molecule has 0 aromatic heterocycles. The average molecular weight is 276 g/mol. The van der Waals surface area contributed by atoms with Crippen molar-refractivity contribution in [2.75, 3.05) is 19.7 Å². The first-order valence-electron chi connectivity index (χ1n) is 7.88. The van der Waals surface area contributed by atoms with Crippen LogP contribution < -0.4 is 10.1 Å². The van der Waals surface area contributed by atoms with Crippen molar-refractivity contribution in [1.29, 1.82) is 0 Å². The van der Waals surface area contributed by atoms with Crippen molar-refractivity contribution in [2.45, 2.75) is 52.2 Å². The molecule has 1 N–H and O–H groups in total. The second-order valence-electron chi connectivity index (χ2n) is 5.93. The van der Waals surface area contributed by atoms with Crippen LogP contribution in [-0.2, 0) is 6.54 Å². The maximum absolute atomic E-state index is 5.87. The molecule has 0 saturated heterocycles. The zero-order valence-corrected chi connectivity index (χ0v) is 13.1. The van der Waals surface area contributed by atoms with Crippen LogP contribution in [0.1, 0.15) is 39.2 Å². The first-order valence-corrected chi connectivity index (χ1v) is 7.88. The highest BCUT2D eigenvalue weighted by atomic mass is 16.5. The van der Waals surface area contributed by atoms with E-state index in [0.29, 0.717) is 12.1 Å². The number of nitrogens with zero attached hydrogens (tertiary/aromatic N) is 1. The predicted molar refractivity (Wildman–Crippen MR) is 84.2 cm³/mol. The molecular formula is C17H28N2O. The molecule has 0 amide bonds. The van der Waals surface area contributed by atoms with E-state index in [9.17, 15) is 0 Å². The Bertz CT molecular complexity index is 406. The molecule has 1 aromatic rings. The molecule has 1 aliphatic heterocycles. The van der Waals surface area contributed by atoms with Gasteiger partial charge in [-0.2, -0.15) is 0 Å². The van der Waals surface area contributed by atoms with Crippen molar-refractivity contribution in [3.05, 3.63) is 29.8 Å². The highest BCUT2D eigenvalue weighted by Crippen LogP contribution is 2.24. The molecule has 0 fully saturated rings. The molecule has 1 heterocycles. The lowest BCUT2D eigenvalue weighted by atomic mass is 10.1. The monoisotopic (exact) mass is 276 g/mol. The third-order valence-corrected chi connectivity index (χ3v) is 3.88. The summed E-state index contributed by atoms with van der Waals surface area (Å²) in [5.74, 6) is 1.06. The summed E-state index contributed by atoms with van der Waals surface area (Å²) in [6.45, 7) is 10.6. The van der Waals surface area contributed by atoms with E-state index in [2.05, 4.69) is 55.3 Å². The zero-order valence-electron chi connectivity index (χ0n) is 13.1. The number of hydrogen-bond acceptors (Lipinski definition) is 3. The van der Waals surface area contributed by atoms with Crippen LogP contribution in [0.15, 0.2) is 24.3 Å². The van der Waals surface area contributed by atoms with Crippen LogP contribution in [0.2, 0.25) is 0 Å². The van der Waals surface area contributed by atoms with Gasteiger partial charge in [0.25, 0.3) is 0 Å². The van der Waals surface area contributed by atoms with Crippen molar-refractivity contribution in [1.82, 2.24) is 10.2 Å². The van der Waals surface area contributed by atoms with E-state index in [4.69, 9.17) is 4.74 Å². The summed E-state index contributed by atoms with van der Waals surface area (Å²) in [6.07, 6.45) is 2.46. The van der Waals surface area contributed by atoms with Crippen LogP contribution in [0, 0.1) is 0 Å². The van der Waals surface area contributed by atoms with Gasteiger partial charge in [-0.15, -0.1) is 0 Å². The highest BCUT2D eigenvalue weighted by molar-refractivity contribution is 5.33. The third-order valence-electron chi connectivity index (χ3n) is 3.88. The molecule has 2 rings (SSSR count). The number of para-hydroxylation sites is 1. The zero-order chi connectivity index (χ0) is 14.4. The fourth-order valence-electron chi connectivity index (χ4n) is 2.78. The van der Waals surface area contributed by atoms with Crippen LogP contribution >= 0.6 is 0 Å². The van der Waals surface area contributed by atoms with Crippen LogP contribution in [0.5, 0.6) is 5.75 Å². The lowest BCUT2D eigenvalue weighted by Gasteiger charge is -2.31. The summed E-state index contributed by atoms with van der Waals surface area (Å²) in [5.41, 5.74) is 1.32. The molecule has 1 atom stereocenters. The molecule has 0 aliphatic carbocycles. The Morgan fingerprint density at radius 2 is 2.10 bits per heavy atom. The maximum atomic E-state index is 5.87. The number of fused-ring (bicyclic) bond motifs is 1. The van der Waals surface area contributed by atoms with Gasteiger partial charge in [0.2, 0.25) is 0 Å². The van der Waals surface area contributed by atoms with Crippen molar-refractivity contribution in [3.63, 3.8) is 0 Å². The second kappa shape index (κ2) is 7.65. The molecule has 0 radical (unpaired) electrons. The molecule has 0 bridgehead atoms. The van der Waals surface area contributed by atoms with Gasteiger partial charge >= 0.3 is 0 Å². The van der Waals surface area contributed by atoms with Crippen LogP contribution in [0.3, 0.4) is 0 Å². The summed E-state index contributed by atoms with van der Waals surface area (Å²) < 4.78 is 5.87. The summed E-state index contributed by atoms with van der Waals surface area (Å²) in [6, 6.07) is 9.57. The third kappa shape index (κ3) is 4.22. The Morgan fingerprint density at radius 1 is 1.30 bits per heavy atom. The van der Waals surface area contributed by atoms with Crippen LogP contribution in [0.4, 0.5) is 0 Å². The quantitative estimate of drug-likeness (QED) is 0.864.